The predicted molar refractivity (Wildman–Crippen MR) is 133 cm³/mol. The molecule has 35 heavy (non-hydrogen) atoms. The molecule has 2 aliphatic rings. The minimum atomic E-state index is -0.568. The fourth-order valence-electron chi connectivity index (χ4n) is 5.46. The van der Waals surface area contributed by atoms with Gasteiger partial charge in [0.05, 0.1) is 23.0 Å². The summed E-state index contributed by atoms with van der Waals surface area (Å²) in [6.07, 6.45) is 6.57. The number of aromatic amines is 1. The maximum atomic E-state index is 14.7. The van der Waals surface area contributed by atoms with Crippen molar-refractivity contribution in [2.24, 2.45) is 5.92 Å². The lowest BCUT2D eigenvalue weighted by molar-refractivity contribution is 0.0601. The zero-order valence-electron chi connectivity index (χ0n) is 19.8. The molecule has 5 rings (SSSR count). The summed E-state index contributed by atoms with van der Waals surface area (Å²) in [7, 11) is 0. The Morgan fingerprint density at radius 1 is 0.971 bits per heavy atom. The topological polar surface area (TPSA) is 78.4 Å². The minimum Gasteiger partial charge on any atom is -0.336 e. The fraction of sp³-hybridized carbons (Fsp3) is 0.444. The van der Waals surface area contributed by atoms with Crippen LogP contribution in [0.15, 0.2) is 52.1 Å². The molecule has 2 fully saturated rings. The zero-order chi connectivity index (χ0) is 24.4. The molecule has 1 saturated heterocycles. The molecule has 0 unspecified atom stereocenters. The van der Waals surface area contributed by atoms with Gasteiger partial charge >= 0.3 is 5.69 Å². The Morgan fingerprint density at radius 2 is 1.71 bits per heavy atom. The van der Waals surface area contributed by atoms with Crippen LogP contribution < -0.4 is 11.2 Å². The number of H-pyrrole nitrogens is 1. The van der Waals surface area contributed by atoms with Gasteiger partial charge in [0.1, 0.15) is 5.82 Å². The molecule has 8 heteroatoms. The average Bonchev–Trinajstić information content (AvgIpc) is 2.88. The van der Waals surface area contributed by atoms with Crippen LogP contribution in [0.25, 0.3) is 10.9 Å². The fourth-order valence-corrected chi connectivity index (χ4v) is 5.46. The zero-order valence-corrected chi connectivity index (χ0v) is 19.8. The maximum Gasteiger partial charge on any atom is 0.329 e. The van der Waals surface area contributed by atoms with Crippen molar-refractivity contribution >= 4 is 16.8 Å². The smallest absolute Gasteiger partial charge is 0.329 e. The molecule has 1 aliphatic carbocycles. The largest absolute Gasteiger partial charge is 0.336 e. The molecule has 1 aliphatic heterocycles. The highest BCUT2D eigenvalue weighted by Gasteiger charge is 2.26. The first-order valence-corrected chi connectivity index (χ1v) is 12.5. The van der Waals surface area contributed by atoms with Gasteiger partial charge < -0.3 is 4.90 Å². The third-order valence-electron chi connectivity index (χ3n) is 7.41. The molecule has 1 amide bonds. The summed E-state index contributed by atoms with van der Waals surface area (Å²) in [4.78, 5) is 44.3. The van der Waals surface area contributed by atoms with Crippen LogP contribution in [-0.4, -0.2) is 58.0 Å². The highest BCUT2D eigenvalue weighted by molar-refractivity contribution is 5.94. The summed E-state index contributed by atoms with van der Waals surface area (Å²) >= 11 is 0. The maximum absolute atomic E-state index is 14.7. The van der Waals surface area contributed by atoms with E-state index in [4.69, 9.17) is 0 Å². The summed E-state index contributed by atoms with van der Waals surface area (Å²) in [5, 5.41) is 0.400. The number of nitrogens with one attached hydrogen (secondary N) is 1. The lowest BCUT2D eigenvalue weighted by Gasteiger charge is -2.37. The number of hydrogen-bond donors (Lipinski definition) is 1. The van der Waals surface area contributed by atoms with Crippen molar-refractivity contribution < 1.29 is 9.18 Å². The molecular weight excluding hydrogens is 447 g/mol. The summed E-state index contributed by atoms with van der Waals surface area (Å²) in [5.74, 6) is -0.130. The van der Waals surface area contributed by atoms with E-state index in [9.17, 15) is 18.8 Å². The number of benzene rings is 2. The number of para-hydroxylation sites is 1. The highest BCUT2D eigenvalue weighted by atomic mass is 19.1. The van der Waals surface area contributed by atoms with E-state index in [2.05, 4.69) is 9.88 Å². The van der Waals surface area contributed by atoms with Crippen LogP contribution in [-0.2, 0) is 6.54 Å². The molecule has 0 radical (unpaired) electrons. The number of halogens is 1. The predicted octanol–water partition coefficient (Wildman–Crippen LogP) is 3.22. The Bertz CT molecular complexity index is 1330. The number of nitrogens with zero attached hydrogens (tertiary/aromatic N) is 3. The van der Waals surface area contributed by atoms with Crippen LogP contribution in [0, 0.1) is 11.7 Å². The Kier molecular flexibility index (Phi) is 6.81. The van der Waals surface area contributed by atoms with Crippen molar-refractivity contribution in [2.75, 3.05) is 32.7 Å². The molecule has 1 N–H and O–H groups in total. The lowest BCUT2D eigenvalue weighted by Crippen LogP contribution is -2.50. The molecule has 0 spiro atoms. The number of fused-ring (bicyclic) bond motifs is 1. The van der Waals surface area contributed by atoms with Gasteiger partial charge in [0, 0.05) is 32.7 Å². The molecule has 184 valence electrons. The SMILES string of the molecule is O=C(c1cc(Cn2c(=O)[nH]c(=O)c3ccccc32)ccc1F)N1CCN(CC2CCCCC2)CC1. The van der Waals surface area contributed by atoms with E-state index in [1.165, 1.54) is 48.8 Å². The third kappa shape index (κ3) is 5.07. The number of carbonyl (C=O) groups excluding carboxylic acids is 1. The van der Waals surface area contributed by atoms with E-state index in [0.717, 1.165) is 25.6 Å². The number of rotatable bonds is 5. The second kappa shape index (κ2) is 10.2. The normalized spacial score (nSPS) is 17.7. The Morgan fingerprint density at radius 3 is 2.49 bits per heavy atom. The van der Waals surface area contributed by atoms with Crippen LogP contribution in [0.5, 0.6) is 0 Å². The summed E-state index contributed by atoms with van der Waals surface area (Å²) in [5.41, 5.74) is 0.141. The minimum absolute atomic E-state index is 0.0185. The van der Waals surface area contributed by atoms with Crippen LogP contribution >= 0.6 is 0 Å². The Labute approximate surface area is 203 Å². The quantitative estimate of drug-likeness (QED) is 0.611. The second-order valence-corrected chi connectivity index (χ2v) is 9.77. The van der Waals surface area contributed by atoms with Gasteiger partial charge in [-0.15, -0.1) is 0 Å². The van der Waals surface area contributed by atoms with Gasteiger partial charge in [-0.25, -0.2) is 9.18 Å². The number of carbonyl (C=O) groups is 1. The first kappa shape index (κ1) is 23.5. The molecule has 7 nitrogen and oxygen atoms in total. The lowest BCUT2D eigenvalue weighted by atomic mass is 9.89. The molecule has 1 aromatic heterocycles. The van der Waals surface area contributed by atoms with Gasteiger partial charge in [-0.1, -0.05) is 37.5 Å². The molecule has 2 heterocycles. The van der Waals surface area contributed by atoms with Crippen molar-refractivity contribution in [3.8, 4) is 0 Å². The molecule has 0 atom stereocenters. The van der Waals surface area contributed by atoms with Crippen LogP contribution in [0.1, 0.15) is 48.0 Å². The van der Waals surface area contributed by atoms with Crippen molar-refractivity contribution in [3.05, 3.63) is 80.2 Å². The molecular formula is C27H31FN4O3. The second-order valence-electron chi connectivity index (χ2n) is 9.77. The van der Waals surface area contributed by atoms with Gasteiger partial charge in [0.2, 0.25) is 0 Å². The monoisotopic (exact) mass is 478 g/mol. The Balaban J connectivity index is 1.30. The molecule has 3 aromatic rings. The van der Waals surface area contributed by atoms with E-state index < -0.39 is 17.1 Å². The third-order valence-corrected chi connectivity index (χ3v) is 7.41. The summed E-state index contributed by atoms with van der Waals surface area (Å²) in [6, 6.07) is 11.2. The van der Waals surface area contributed by atoms with Crippen molar-refractivity contribution in [2.45, 2.75) is 38.6 Å². The standard InChI is InChI=1S/C27H31FN4O3/c28-23-11-10-20(18-32-24-9-5-4-8-21(24)25(33)29-27(32)35)16-22(23)26(34)31-14-12-30(13-15-31)17-19-6-2-1-3-7-19/h4-5,8-11,16,19H,1-3,6-7,12-15,17-18H2,(H,29,33,35). The number of aromatic nitrogens is 2. The summed E-state index contributed by atoms with van der Waals surface area (Å²) < 4.78 is 16.1. The molecule has 1 saturated carbocycles. The van der Waals surface area contributed by atoms with E-state index in [-0.39, 0.29) is 18.0 Å². The van der Waals surface area contributed by atoms with E-state index in [1.807, 2.05) is 0 Å². The first-order valence-electron chi connectivity index (χ1n) is 12.5. The van der Waals surface area contributed by atoms with Crippen molar-refractivity contribution in [1.82, 2.24) is 19.4 Å². The first-order chi connectivity index (χ1) is 17.0. The number of amides is 1. The van der Waals surface area contributed by atoms with Crippen LogP contribution in [0.2, 0.25) is 0 Å². The van der Waals surface area contributed by atoms with E-state index in [0.29, 0.717) is 29.6 Å². The number of hydrogen-bond acceptors (Lipinski definition) is 4. The van der Waals surface area contributed by atoms with Crippen molar-refractivity contribution in [1.29, 1.82) is 0 Å². The van der Waals surface area contributed by atoms with Crippen LogP contribution in [0.4, 0.5) is 4.39 Å². The Hall–Kier alpha value is -3.26. The molecule has 0 bridgehead atoms. The summed E-state index contributed by atoms with van der Waals surface area (Å²) in [6.45, 7) is 3.99. The average molecular weight is 479 g/mol. The van der Waals surface area contributed by atoms with E-state index in [1.54, 1.807) is 35.2 Å². The molecule has 2 aromatic carbocycles. The van der Waals surface area contributed by atoms with Gasteiger partial charge in [-0.3, -0.25) is 24.0 Å². The van der Waals surface area contributed by atoms with E-state index >= 15 is 0 Å². The van der Waals surface area contributed by atoms with Crippen molar-refractivity contribution in [3.63, 3.8) is 0 Å². The van der Waals surface area contributed by atoms with Gasteiger partial charge in [0.25, 0.3) is 11.5 Å². The van der Waals surface area contributed by atoms with Gasteiger partial charge in [-0.2, -0.15) is 0 Å². The van der Waals surface area contributed by atoms with Gasteiger partial charge in [0.15, 0.2) is 0 Å². The van der Waals surface area contributed by atoms with Gasteiger partial charge in [-0.05, 0) is 48.6 Å². The number of piperazine rings is 1. The highest BCUT2D eigenvalue weighted by Crippen LogP contribution is 2.25. The van der Waals surface area contributed by atoms with Crippen LogP contribution in [0.3, 0.4) is 0 Å².